The molecule has 1 fully saturated rings. The zero-order valence-electron chi connectivity index (χ0n) is 13.6. The zero-order valence-corrected chi connectivity index (χ0v) is 13.6. The minimum Gasteiger partial charge on any atom is -0.409 e. The van der Waals surface area contributed by atoms with E-state index in [-0.39, 0.29) is 5.41 Å². The lowest BCUT2D eigenvalue weighted by atomic mass is 9.86. The van der Waals surface area contributed by atoms with Crippen molar-refractivity contribution in [2.24, 2.45) is 16.3 Å². The molecular formula is C15H32N4O. The lowest BCUT2D eigenvalue weighted by Gasteiger charge is -2.36. The molecule has 1 aliphatic carbocycles. The van der Waals surface area contributed by atoms with Crippen LogP contribution in [0.15, 0.2) is 5.16 Å². The normalized spacial score (nSPS) is 19.8. The van der Waals surface area contributed by atoms with Crippen LogP contribution in [-0.2, 0) is 0 Å². The number of nitrogens with one attached hydrogen (secondary N) is 1. The fraction of sp³-hybridized carbons (Fsp3) is 0.933. The Bertz CT molecular complexity index is 320. The molecule has 0 amide bonds. The van der Waals surface area contributed by atoms with Gasteiger partial charge in [0.25, 0.3) is 0 Å². The lowest BCUT2D eigenvalue weighted by Crippen LogP contribution is -2.49. The van der Waals surface area contributed by atoms with Crippen molar-refractivity contribution in [2.75, 3.05) is 27.2 Å². The molecule has 1 saturated carbocycles. The van der Waals surface area contributed by atoms with Gasteiger partial charge in [0.1, 0.15) is 5.84 Å². The summed E-state index contributed by atoms with van der Waals surface area (Å²) in [4.78, 5) is 2.38. The molecular weight excluding hydrogens is 252 g/mol. The minimum atomic E-state index is -0.233. The summed E-state index contributed by atoms with van der Waals surface area (Å²) in [6.45, 7) is 6.07. The lowest BCUT2D eigenvalue weighted by molar-refractivity contribution is 0.154. The second kappa shape index (κ2) is 7.27. The summed E-state index contributed by atoms with van der Waals surface area (Å²) in [6.07, 6.45) is 7.23. The van der Waals surface area contributed by atoms with E-state index >= 15 is 0 Å². The Hall–Kier alpha value is -0.810. The van der Waals surface area contributed by atoms with Gasteiger partial charge in [-0.05, 0) is 46.3 Å². The van der Waals surface area contributed by atoms with E-state index in [1.807, 2.05) is 13.8 Å². The Balaban J connectivity index is 2.28. The van der Waals surface area contributed by atoms with E-state index in [1.54, 1.807) is 0 Å². The van der Waals surface area contributed by atoms with Gasteiger partial charge in [-0.1, -0.05) is 31.8 Å². The third-order valence-electron chi connectivity index (χ3n) is 4.89. The second-order valence-electron chi connectivity index (χ2n) is 6.98. The number of hydrogen-bond acceptors (Lipinski definition) is 4. The van der Waals surface area contributed by atoms with Crippen molar-refractivity contribution in [3.05, 3.63) is 0 Å². The summed E-state index contributed by atoms with van der Waals surface area (Å²) < 4.78 is 0. The van der Waals surface area contributed by atoms with Gasteiger partial charge in [0.2, 0.25) is 0 Å². The number of likely N-dealkylation sites (N-methyl/N-ethyl adjacent to an activating group) is 1. The molecule has 5 nitrogen and oxygen atoms in total. The number of nitrogens with two attached hydrogens (primary N) is 1. The first kappa shape index (κ1) is 17.2. The molecule has 0 heterocycles. The SMILES string of the molecule is CN(C)C1(CNCCCC(C)(C)C(N)=NO)CCCC1. The first-order valence-electron chi connectivity index (χ1n) is 7.70. The average Bonchev–Trinajstić information content (AvgIpc) is 2.87. The molecule has 0 aromatic carbocycles. The Morgan fingerprint density at radius 1 is 1.35 bits per heavy atom. The quantitative estimate of drug-likeness (QED) is 0.209. The van der Waals surface area contributed by atoms with E-state index < -0.39 is 0 Å². The van der Waals surface area contributed by atoms with Gasteiger partial charge < -0.3 is 21.2 Å². The highest BCUT2D eigenvalue weighted by molar-refractivity contribution is 5.85. The van der Waals surface area contributed by atoms with E-state index in [9.17, 15) is 0 Å². The number of oxime groups is 1. The van der Waals surface area contributed by atoms with Crippen LogP contribution in [0, 0.1) is 5.41 Å². The zero-order chi connectivity index (χ0) is 15.2. The van der Waals surface area contributed by atoms with Crippen LogP contribution in [0.5, 0.6) is 0 Å². The molecule has 1 aliphatic rings. The predicted molar refractivity (Wildman–Crippen MR) is 84.2 cm³/mol. The molecule has 5 heteroatoms. The fourth-order valence-corrected chi connectivity index (χ4v) is 3.06. The maximum atomic E-state index is 8.75. The minimum absolute atomic E-state index is 0.233. The van der Waals surface area contributed by atoms with Crippen LogP contribution in [0.3, 0.4) is 0 Å². The van der Waals surface area contributed by atoms with Crippen LogP contribution in [0.4, 0.5) is 0 Å². The maximum absolute atomic E-state index is 8.75. The van der Waals surface area contributed by atoms with Crippen molar-refractivity contribution < 1.29 is 5.21 Å². The Morgan fingerprint density at radius 3 is 2.45 bits per heavy atom. The van der Waals surface area contributed by atoms with Crippen LogP contribution >= 0.6 is 0 Å². The van der Waals surface area contributed by atoms with Gasteiger partial charge in [0, 0.05) is 17.5 Å². The summed E-state index contributed by atoms with van der Waals surface area (Å²) in [5.41, 5.74) is 5.81. The molecule has 0 unspecified atom stereocenters. The second-order valence-corrected chi connectivity index (χ2v) is 6.98. The van der Waals surface area contributed by atoms with Crippen molar-refractivity contribution in [1.29, 1.82) is 0 Å². The average molecular weight is 284 g/mol. The van der Waals surface area contributed by atoms with Crippen molar-refractivity contribution >= 4 is 5.84 Å². The maximum Gasteiger partial charge on any atom is 0.144 e. The van der Waals surface area contributed by atoms with E-state index in [0.29, 0.717) is 11.4 Å². The Morgan fingerprint density at radius 2 is 1.95 bits per heavy atom. The molecule has 0 aromatic rings. The molecule has 1 rings (SSSR count). The molecule has 4 N–H and O–H groups in total. The van der Waals surface area contributed by atoms with Gasteiger partial charge in [-0.25, -0.2) is 0 Å². The molecule has 0 saturated heterocycles. The molecule has 118 valence electrons. The third kappa shape index (κ3) is 4.35. The number of amidine groups is 1. The van der Waals surface area contributed by atoms with Gasteiger partial charge in [-0.2, -0.15) is 0 Å². The van der Waals surface area contributed by atoms with Gasteiger partial charge in [-0.3, -0.25) is 0 Å². The summed E-state index contributed by atoms with van der Waals surface area (Å²) in [5, 5.41) is 15.5. The first-order chi connectivity index (χ1) is 9.34. The van der Waals surface area contributed by atoms with Crippen molar-refractivity contribution in [2.45, 2.75) is 57.9 Å². The van der Waals surface area contributed by atoms with Crippen LogP contribution in [0.2, 0.25) is 0 Å². The molecule has 20 heavy (non-hydrogen) atoms. The molecule has 0 aromatic heterocycles. The summed E-state index contributed by atoms with van der Waals surface area (Å²) in [6, 6.07) is 0. The van der Waals surface area contributed by atoms with Crippen molar-refractivity contribution in [3.8, 4) is 0 Å². The van der Waals surface area contributed by atoms with E-state index in [2.05, 4.69) is 29.5 Å². The molecule has 0 bridgehead atoms. The van der Waals surface area contributed by atoms with E-state index in [1.165, 1.54) is 25.7 Å². The van der Waals surface area contributed by atoms with E-state index in [0.717, 1.165) is 25.9 Å². The largest absolute Gasteiger partial charge is 0.409 e. The first-order valence-corrected chi connectivity index (χ1v) is 7.70. The Kier molecular flexibility index (Phi) is 6.27. The Labute approximate surface area is 123 Å². The standard InChI is InChI=1S/C15H32N4O/c1-14(2,13(16)18-20)8-7-11-17-12-15(19(3)4)9-5-6-10-15/h17,20H,5-12H2,1-4H3,(H2,16,18). The highest BCUT2D eigenvalue weighted by Gasteiger charge is 2.35. The summed E-state index contributed by atoms with van der Waals surface area (Å²) in [5.74, 6) is 0.318. The van der Waals surface area contributed by atoms with Crippen LogP contribution < -0.4 is 11.1 Å². The smallest absolute Gasteiger partial charge is 0.144 e. The summed E-state index contributed by atoms with van der Waals surface area (Å²) in [7, 11) is 4.38. The molecule has 0 atom stereocenters. The van der Waals surface area contributed by atoms with Crippen molar-refractivity contribution in [3.63, 3.8) is 0 Å². The molecule has 0 spiro atoms. The molecule has 0 aliphatic heterocycles. The number of rotatable bonds is 8. The highest BCUT2D eigenvalue weighted by Crippen LogP contribution is 2.33. The highest BCUT2D eigenvalue weighted by atomic mass is 16.4. The predicted octanol–water partition coefficient (Wildman–Crippen LogP) is 2.00. The van der Waals surface area contributed by atoms with Crippen LogP contribution in [-0.4, -0.2) is 48.7 Å². The monoisotopic (exact) mass is 284 g/mol. The summed E-state index contributed by atoms with van der Waals surface area (Å²) >= 11 is 0. The van der Waals surface area contributed by atoms with Crippen LogP contribution in [0.1, 0.15) is 52.4 Å². The van der Waals surface area contributed by atoms with Gasteiger partial charge >= 0.3 is 0 Å². The topological polar surface area (TPSA) is 73.9 Å². The number of nitrogens with zero attached hydrogens (tertiary/aromatic N) is 2. The third-order valence-corrected chi connectivity index (χ3v) is 4.89. The molecule has 0 radical (unpaired) electrons. The van der Waals surface area contributed by atoms with Crippen molar-refractivity contribution in [1.82, 2.24) is 10.2 Å². The van der Waals surface area contributed by atoms with Gasteiger partial charge in [0.15, 0.2) is 0 Å². The number of hydrogen-bond donors (Lipinski definition) is 3. The van der Waals surface area contributed by atoms with Gasteiger partial charge in [0.05, 0.1) is 0 Å². The van der Waals surface area contributed by atoms with E-state index in [4.69, 9.17) is 10.9 Å². The van der Waals surface area contributed by atoms with Gasteiger partial charge in [-0.15, -0.1) is 0 Å². The van der Waals surface area contributed by atoms with Crippen LogP contribution in [0.25, 0.3) is 0 Å². The fourth-order valence-electron chi connectivity index (χ4n) is 3.06.